The van der Waals surface area contributed by atoms with Gasteiger partial charge in [0, 0.05) is 5.56 Å². The highest BCUT2D eigenvalue weighted by Crippen LogP contribution is 2.21. The lowest BCUT2D eigenvalue weighted by Crippen LogP contribution is -2.20. The standard InChI is InChI=1S/C12H13N3O3/c1-18-9-4-2-3-8(5-9)10-6-13-11(15-10)7-14-12(16)17/h2-6,14H,7H2,1H3,(H,13,15)(H,16,17). The number of H-pyrrole nitrogens is 1. The number of hydrogen-bond acceptors (Lipinski definition) is 3. The van der Waals surface area contributed by atoms with Crippen molar-refractivity contribution in [1.82, 2.24) is 15.3 Å². The molecule has 0 radical (unpaired) electrons. The fourth-order valence-electron chi connectivity index (χ4n) is 1.55. The van der Waals surface area contributed by atoms with Gasteiger partial charge in [-0.1, -0.05) is 12.1 Å². The topological polar surface area (TPSA) is 87.2 Å². The molecule has 1 aromatic heterocycles. The zero-order chi connectivity index (χ0) is 13.0. The number of aromatic amines is 1. The summed E-state index contributed by atoms with van der Waals surface area (Å²) in [4.78, 5) is 17.5. The van der Waals surface area contributed by atoms with Crippen LogP contribution in [0.25, 0.3) is 11.3 Å². The van der Waals surface area contributed by atoms with Crippen molar-refractivity contribution in [3.05, 3.63) is 36.3 Å². The Morgan fingerprint density at radius 1 is 1.56 bits per heavy atom. The first-order valence-corrected chi connectivity index (χ1v) is 5.34. The number of nitrogens with zero attached hydrogens (tertiary/aromatic N) is 1. The fraction of sp³-hybridized carbons (Fsp3) is 0.167. The van der Waals surface area contributed by atoms with Crippen molar-refractivity contribution >= 4 is 6.09 Å². The summed E-state index contributed by atoms with van der Waals surface area (Å²) in [6.45, 7) is 0.152. The second-order valence-corrected chi connectivity index (χ2v) is 3.63. The molecule has 6 nitrogen and oxygen atoms in total. The molecule has 1 aromatic carbocycles. The number of carboxylic acid groups (broad SMARTS) is 1. The van der Waals surface area contributed by atoms with Gasteiger partial charge in [-0.15, -0.1) is 0 Å². The van der Waals surface area contributed by atoms with E-state index in [4.69, 9.17) is 9.84 Å². The lowest BCUT2D eigenvalue weighted by molar-refractivity contribution is 0.193. The number of imidazole rings is 1. The van der Waals surface area contributed by atoms with E-state index >= 15 is 0 Å². The van der Waals surface area contributed by atoms with Crippen molar-refractivity contribution in [3.8, 4) is 17.0 Å². The van der Waals surface area contributed by atoms with Gasteiger partial charge in [0.1, 0.15) is 11.6 Å². The van der Waals surface area contributed by atoms with Crippen LogP contribution in [0.5, 0.6) is 5.75 Å². The SMILES string of the molecule is COc1cccc(-c2cnc(CNC(=O)O)[nH]2)c1. The van der Waals surface area contributed by atoms with Crippen LogP contribution in [0, 0.1) is 0 Å². The van der Waals surface area contributed by atoms with Crippen LogP contribution >= 0.6 is 0 Å². The Balaban J connectivity index is 2.15. The van der Waals surface area contributed by atoms with Crippen molar-refractivity contribution < 1.29 is 14.6 Å². The number of carbonyl (C=O) groups is 1. The molecule has 0 aliphatic rings. The van der Waals surface area contributed by atoms with Crippen LogP contribution in [0.3, 0.4) is 0 Å². The van der Waals surface area contributed by atoms with Crippen LogP contribution in [-0.4, -0.2) is 28.3 Å². The highest BCUT2D eigenvalue weighted by atomic mass is 16.5. The second-order valence-electron chi connectivity index (χ2n) is 3.63. The third-order valence-corrected chi connectivity index (χ3v) is 2.42. The maximum atomic E-state index is 10.4. The third-order valence-electron chi connectivity index (χ3n) is 2.42. The molecule has 0 unspecified atom stereocenters. The van der Waals surface area contributed by atoms with Gasteiger partial charge in [0.05, 0.1) is 25.5 Å². The first-order valence-electron chi connectivity index (χ1n) is 5.34. The van der Waals surface area contributed by atoms with Crippen LogP contribution < -0.4 is 10.1 Å². The van der Waals surface area contributed by atoms with Crippen LogP contribution in [-0.2, 0) is 6.54 Å². The molecule has 18 heavy (non-hydrogen) atoms. The molecule has 0 atom stereocenters. The molecule has 3 N–H and O–H groups in total. The summed E-state index contributed by atoms with van der Waals surface area (Å²) in [6.07, 6.45) is 0.586. The summed E-state index contributed by atoms with van der Waals surface area (Å²) in [5.41, 5.74) is 1.75. The summed E-state index contributed by atoms with van der Waals surface area (Å²) in [6, 6.07) is 7.53. The highest BCUT2D eigenvalue weighted by molar-refractivity contribution is 5.64. The number of rotatable bonds is 4. The lowest BCUT2D eigenvalue weighted by Gasteiger charge is -2.02. The smallest absolute Gasteiger partial charge is 0.405 e. The molecule has 0 saturated carbocycles. The van der Waals surface area contributed by atoms with E-state index in [2.05, 4.69) is 15.3 Å². The minimum Gasteiger partial charge on any atom is -0.497 e. The minimum atomic E-state index is -1.07. The monoisotopic (exact) mass is 247 g/mol. The van der Waals surface area contributed by atoms with Crippen molar-refractivity contribution in [3.63, 3.8) is 0 Å². The van der Waals surface area contributed by atoms with E-state index in [0.29, 0.717) is 5.82 Å². The molecule has 0 spiro atoms. The molecule has 0 aliphatic carbocycles. The van der Waals surface area contributed by atoms with Gasteiger partial charge in [0.2, 0.25) is 0 Å². The van der Waals surface area contributed by atoms with Crippen LogP contribution in [0.1, 0.15) is 5.82 Å². The van der Waals surface area contributed by atoms with E-state index in [1.54, 1.807) is 13.3 Å². The Morgan fingerprint density at radius 3 is 3.11 bits per heavy atom. The Hall–Kier alpha value is -2.50. The zero-order valence-corrected chi connectivity index (χ0v) is 9.80. The predicted molar refractivity (Wildman–Crippen MR) is 65.4 cm³/mol. The molecule has 1 heterocycles. The van der Waals surface area contributed by atoms with E-state index in [-0.39, 0.29) is 6.54 Å². The number of nitrogens with one attached hydrogen (secondary N) is 2. The van der Waals surface area contributed by atoms with Crippen LogP contribution in [0.2, 0.25) is 0 Å². The summed E-state index contributed by atoms with van der Waals surface area (Å²) in [7, 11) is 1.61. The predicted octanol–water partition coefficient (Wildman–Crippen LogP) is 1.85. The van der Waals surface area contributed by atoms with Crippen molar-refractivity contribution in [2.75, 3.05) is 7.11 Å². The molecule has 1 amide bonds. The van der Waals surface area contributed by atoms with Crippen LogP contribution in [0.4, 0.5) is 4.79 Å². The molecular formula is C12H13N3O3. The Labute approximate surface area is 104 Å². The number of methoxy groups -OCH3 is 1. The van der Waals surface area contributed by atoms with E-state index in [0.717, 1.165) is 17.0 Å². The number of hydrogen-bond donors (Lipinski definition) is 3. The van der Waals surface area contributed by atoms with Gasteiger partial charge in [0.25, 0.3) is 0 Å². The van der Waals surface area contributed by atoms with Gasteiger partial charge in [-0.3, -0.25) is 0 Å². The van der Waals surface area contributed by atoms with Gasteiger partial charge in [-0.2, -0.15) is 0 Å². The molecular weight excluding hydrogens is 234 g/mol. The second kappa shape index (κ2) is 5.22. The number of amides is 1. The first kappa shape index (κ1) is 12.0. The average Bonchev–Trinajstić information content (AvgIpc) is 2.85. The number of benzene rings is 1. The normalized spacial score (nSPS) is 10.1. The summed E-state index contributed by atoms with van der Waals surface area (Å²) < 4.78 is 5.14. The molecule has 0 fully saturated rings. The van der Waals surface area contributed by atoms with E-state index in [1.165, 1.54) is 0 Å². The van der Waals surface area contributed by atoms with Gasteiger partial charge in [-0.05, 0) is 12.1 Å². The maximum absolute atomic E-state index is 10.4. The molecule has 0 saturated heterocycles. The number of aromatic nitrogens is 2. The molecule has 0 aliphatic heterocycles. The number of ether oxygens (including phenoxy) is 1. The zero-order valence-electron chi connectivity index (χ0n) is 9.80. The molecule has 6 heteroatoms. The van der Waals surface area contributed by atoms with Gasteiger partial charge in [-0.25, -0.2) is 9.78 Å². The largest absolute Gasteiger partial charge is 0.497 e. The Kier molecular flexibility index (Phi) is 3.47. The summed E-state index contributed by atoms with van der Waals surface area (Å²) in [5, 5.41) is 10.7. The Bertz CT molecular complexity index is 551. The molecule has 2 aromatic rings. The fourth-order valence-corrected chi connectivity index (χ4v) is 1.55. The van der Waals surface area contributed by atoms with E-state index in [9.17, 15) is 4.79 Å². The molecule has 2 rings (SSSR count). The molecule has 94 valence electrons. The van der Waals surface area contributed by atoms with Gasteiger partial charge >= 0.3 is 6.09 Å². The summed E-state index contributed by atoms with van der Waals surface area (Å²) in [5.74, 6) is 1.32. The summed E-state index contributed by atoms with van der Waals surface area (Å²) >= 11 is 0. The Morgan fingerprint density at radius 2 is 2.39 bits per heavy atom. The van der Waals surface area contributed by atoms with E-state index in [1.807, 2.05) is 24.3 Å². The highest BCUT2D eigenvalue weighted by Gasteiger charge is 2.05. The lowest BCUT2D eigenvalue weighted by atomic mass is 10.1. The van der Waals surface area contributed by atoms with Crippen LogP contribution in [0.15, 0.2) is 30.5 Å². The quantitative estimate of drug-likeness (QED) is 0.769. The molecule has 0 bridgehead atoms. The minimum absolute atomic E-state index is 0.152. The van der Waals surface area contributed by atoms with Crippen molar-refractivity contribution in [1.29, 1.82) is 0 Å². The van der Waals surface area contributed by atoms with Crippen molar-refractivity contribution in [2.24, 2.45) is 0 Å². The average molecular weight is 247 g/mol. The van der Waals surface area contributed by atoms with Crippen molar-refractivity contribution in [2.45, 2.75) is 6.54 Å². The van der Waals surface area contributed by atoms with Gasteiger partial charge < -0.3 is 20.1 Å². The third kappa shape index (κ3) is 2.79. The first-order chi connectivity index (χ1) is 8.69. The van der Waals surface area contributed by atoms with Gasteiger partial charge in [0.15, 0.2) is 0 Å². The maximum Gasteiger partial charge on any atom is 0.405 e. The van der Waals surface area contributed by atoms with E-state index < -0.39 is 6.09 Å².